The summed E-state index contributed by atoms with van der Waals surface area (Å²) in [6.07, 6.45) is 30.6. The minimum atomic E-state index is -4.36. The van der Waals surface area contributed by atoms with E-state index in [0.717, 1.165) is 12.8 Å². The van der Waals surface area contributed by atoms with Gasteiger partial charge < -0.3 is 4.55 Å². The molecule has 0 aliphatic rings. The molecule has 1 aromatic rings. The molecule has 0 saturated heterocycles. The standard InChI is InChI=1S/C30H54O3S.Na/c1-2-3-4-5-6-7-8-9-10-11-12-13-14-15-16-17-18-19-20-21-22-23-26-29-27-24-25-28-30(29)34(31,32)33;/h24-25,27-28H,2-23,26H2,1H3,(H,31,32,33);/q;+1/p-1. The Balaban J connectivity index is 0.0000116. The fourth-order valence-electron chi connectivity index (χ4n) is 4.88. The summed E-state index contributed by atoms with van der Waals surface area (Å²) in [5, 5.41) is 0. The second-order valence-corrected chi connectivity index (χ2v) is 11.6. The third kappa shape index (κ3) is 20.8. The molecule has 0 heterocycles. The van der Waals surface area contributed by atoms with E-state index < -0.39 is 10.1 Å². The number of unbranched alkanes of at least 4 members (excludes halogenated alkanes) is 21. The molecule has 1 aromatic carbocycles. The van der Waals surface area contributed by atoms with E-state index in [-0.39, 0.29) is 34.5 Å². The van der Waals surface area contributed by atoms with Crippen molar-refractivity contribution in [2.75, 3.05) is 0 Å². The first kappa shape index (κ1) is 35.1. The number of hydrogen-bond acceptors (Lipinski definition) is 3. The summed E-state index contributed by atoms with van der Waals surface area (Å²) in [5.74, 6) is 0. The first-order valence-electron chi connectivity index (χ1n) is 14.6. The minimum absolute atomic E-state index is 0. The molecule has 0 aliphatic carbocycles. The number of aryl methyl sites for hydroxylation is 1. The zero-order chi connectivity index (χ0) is 24.7. The van der Waals surface area contributed by atoms with Crippen LogP contribution >= 0.6 is 0 Å². The Bertz CT molecular complexity index is 691. The van der Waals surface area contributed by atoms with Gasteiger partial charge in [-0.15, -0.1) is 0 Å². The molecule has 198 valence electrons. The predicted octanol–water partition coefficient (Wildman–Crippen LogP) is 6.74. The molecule has 0 radical (unpaired) electrons. The molecule has 1 rings (SSSR count). The molecule has 5 heteroatoms. The van der Waals surface area contributed by atoms with Gasteiger partial charge in [0.05, 0.1) is 4.90 Å². The van der Waals surface area contributed by atoms with Crippen molar-refractivity contribution in [3.8, 4) is 0 Å². The van der Waals surface area contributed by atoms with Crippen LogP contribution in [-0.4, -0.2) is 13.0 Å². The van der Waals surface area contributed by atoms with Crippen LogP contribution in [0.4, 0.5) is 0 Å². The fraction of sp³-hybridized carbons (Fsp3) is 0.800. The van der Waals surface area contributed by atoms with Gasteiger partial charge in [0.15, 0.2) is 0 Å². The van der Waals surface area contributed by atoms with Crippen LogP contribution in [0.3, 0.4) is 0 Å². The third-order valence-corrected chi connectivity index (χ3v) is 7.98. The van der Waals surface area contributed by atoms with Gasteiger partial charge in [-0.25, -0.2) is 8.42 Å². The van der Waals surface area contributed by atoms with Gasteiger partial charge in [0.1, 0.15) is 10.1 Å². The van der Waals surface area contributed by atoms with E-state index in [9.17, 15) is 13.0 Å². The maximum Gasteiger partial charge on any atom is 1.00 e. The Morgan fingerprint density at radius 1 is 0.543 bits per heavy atom. The second kappa shape index (κ2) is 24.5. The molecule has 0 bridgehead atoms. The van der Waals surface area contributed by atoms with E-state index in [1.807, 2.05) is 6.07 Å². The summed E-state index contributed by atoms with van der Waals surface area (Å²) in [6.45, 7) is 2.29. The molecule has 3 nitrogen and oxygen atoms in total. The van der Waals surface area contributed by atoms with Gasteiger partial charge in [-0.3, -0.25) is 0 Å². The second-order valence-electron chi connectivity index (χ2n) is 10.2. The van der Waals surface area contributed by atoms with Crippen molar-refractivity contribution in [3.63, 3.8) is 0 Å². The van der Waals surface area contributed by atoms with Crippen molar-refractivity contribution in [2.45, 2.75) is 159 Å². The van der Waals surface area contributed by atoms with Gasteiger partial charge in [-0.05, 0) is 24.5 Å². The van der Waals surface area contributed by atoms with E-state index >= 15 is 0 Å². The summed E-state index contributed by atoms with van der Waals surface area (Å²) in [5.41, 5.74) is 0.672. The van der Waals surface area contributed by atoms with Crippen LogP contribution in [0.25, 0.3) is 0 Å². The summed E-state index contributed by atoms with van der Waals surface area (Å²) < 4.78 is 34.0. The normalized spacial score (nSPS) is 11.5. The van der Waals surface area contributed by atoms with Crippen molar-refractivity contribution in [1.29, 1.82) is 0 Å². The van der Waals surface area contributed by atoms with Crippen LogP contribution in [0.2, 0.25) is 0 Å². The van der Waals surface area contributed by atoms with Crippen molar-refractivity contribution >= 4 is 10.1 Å². The van der Waals surface area contributed by atoms with E-state index in [4.69, 9.17) is 0 Å². The minimum Gasteiger partial charge on any atom is -0.744 e. The number of hydrogen-bond donors (Lipinski definition) is 0. The average Bonchev–Trinajstić information content (AvgIpc) is 2.82. The van der Waals surface area contributed by atoms with Crippen LogP contribution in [0, 0.1) is 0 Å². The molecular weight excluding hydrogens is 463 g/mol. The molecule has 0 unspecified atom stereocenters. The molecule has 0 amide bonds. The van der Waals surface area contributed by atoms with E-state index in [1.165, 1.54) is 134 Å². The summed E-state index contributed by atoms with van der Waals surface area (Å²) in [7, 11) is -4.36. The molecule has 0 aliphatic heterocycles. The van der Waals surface area contributed by atoms with Gasteiger partial charge in [0.2, 0.25) is 0 Å². The Hall–Kier alpha value is 0.130. The van der Waals surface area contributed by atoms with E-state index in [0.29, 0.717) is 12.0 Å². The number of rotatable bonds is 24. The van der Waals surface area contributed by atoms with Crippen LogP contribution < -0.4 is 29.6 Å². The first-order chi connectivity index (χ1) is 16.6. The zero-order valence-corrected chi connectivity index (χ0v) is 26.0. The Kier molecular flexibility index (Phi) is 24.6. The maximum absolute atomic E-state index is 11.3. The third-order valence-electron chi connectivity index (χ3n) is 7.04. The molecule has 0 fully saturated rings. The summed E-state index contributed by atoms with van der Waals surface area (Å²) >= 11 is 0. The van der Waals surface area contributed by atoms with Crippen LogP contribution in [0.1, 0.15) is 154 Å². The summed E-state index contributed by atoms with van der Waals surface area (Å²) in [6, 6.07) is 6.62. The van der Waals surface area contributed by atoms with Gasteiger partial charge in [0.25, 0.3) is 0 Å². The van der Waals surface area contributed by atoms with Gasteiger partial charge in [0, 0.05) is 0 Å². The van der Waals surface area contributed by atoms with Gasteiger partial charge in [-0.2, -0.15) is 0 Å². The smallest absolute Gasteiger partial charge is 0.744 e. The molecule has 0 aromatic heterocycles. The van der Waals surface area contributed by atoms with E-state index in [2.05, 4.69) is 6.92 Å². The van der Waals surface area contributed by atoms with Gasteiger partial charge >= 0.3 is 29.6 Å². The molecule has 0 atom stereocenters. The van der Waals surface area contributed by atoms with Crippen molar-refractivity contribution in [2.24, 2.45) is 0 Å². The zero-order valence-electron chi connectivity index (χ0n) is 23.2. The average molecular weight is 517 g/mol. The van der Waals surface area contributed by atoms with Crippen molar-refractivity contribution in [1.82, 2.24) is 0 Å². The maximum atomic E-state index is 11.3. The summed E-state index contributed by atoms with van der Waals surface area (Å²) in [4.78, 5) is -0.0431. The van der Waals surface area contributed by atoms with Crippen LogP contribution in [-0.2, 0) is 16.5 Å². The Morgan fingerprint density at radius 3 is 1.20 bits per heavy atom. The predicted molar refractivity (Wildman–Crippen MR) is 145 cm³/mol. The molecule has 0 N–H and O–H groups in total. The molecule has 35 heavy (non-hydrogen) atoms. The van der Waals surface area contributed by atoms with Gasteiger partial charge in [-0.1, -0.05) is 160 Å². The molecular formula is C30H53NaO3S. The fourth-order valence-corrected chi connectivity index (χ4v) is 5.61. The van der Waals surface area contributed by atoms with Crippen molar-refractivity contribution < 1.29 is 42.5 Å². The van der Waals surface area contributed by atoms with Crippen LogP contribution in [0.5, 0.6) is 0 Å². The van der Waals surface area contributed by atoms with Crippen molar-refractivity contribution in [3.05, 3.63) is 29.8 Å². The quantitative estimate of drug-likeness (QED) is 0.0868. The number of benzene rings is 1. The Labute approximate surface area is 240 Å². The SMILES string of the molecule is CCCCCCCCCCCCCCCCCCCCCCCCc1ccccc1S(=O)(=O)[O-].[Na+]. The molecule has 0 spiro atoms. The largest absolute Gasteiger partial charge is 1.00 e. The Morgan fingerprint density at radius 2 is 0.857 bits per heavy atom. The molecule has 0 saturated carbocycles. The monoisotopic (exact) mass is 516 g/mol. The van der Waals surface area contributed by atoms with E-state index in [1.54, 1.807) is 12.1 Å². The topological polar surface area (TPSA) is 57.2 Å². The first-order valence-corrected chi connectivity index (χ1v) is 16.0. The van der Waals surface area contributed by atoms with Crippen LogP contribution in [0.15, 0.2) is 29.2 Å².